The minimum Gasteiger partial charge on any atom is -0.409 e. The molecule has 0 heterocycles. The molecule has 0 spiro atoms. The van der Waals surface area contributed by atoms with Crippen molar-refractivity contribution < 1.29 is 5.21 Å². The zero-order chi connectivity index (χ0) is 13.0. The van der Waals surface area contributed by atoms with Crippen LogP contribution in [0, 0.1) is 6.92 Å². The lowest BCUT2D eigenvalue weighted by Gasteiger charge is -2.28. The van der Waals surface area contributed by atoms with E-state index in [9.17, 15) is 0 Å². The van der Waals surface area contributed by atoms with E-state index in [1.807, 2.05) is 26.1 Å². The van der Waals surface area contributed by atoms with E-state index in [1.165, 1.54) is 0 Å². The molecule has 0 aromatic heterocycles. The molecule has 1 atom stereocenters. The molecule has 17 heavy (non-hydrogen) atoms. The molecule has 0 fully saturated rings. The van der Waals surface area contributed by atoms with Crippen LogP contribution in [0.3, 0.4) is 0 Å². The molecule has 0 saturated carbocycles. The van der Waals surface area contributed by atoms with Crippen LogP contribution in [-0.2, 0) is 0 Å². The molecule has 0 radical (unpaired) electrons. The van der Waals surface area contributed by atoms with Crippen LogP contribution in [0.2, 0.25) is 0 Å². The average Bonchev–Trinajstić information content (AvgIpc) is 2.35. The lowest BCUT2D eigenvalue weighted by molar-refractivity contribution is 0.318. The standard InChI is InChI=1S/C13H21N3O/c1-5-10(3)16(4)12-8-9(2)6-7-11(12)13(14)15-17/h6-8,10,17H,5H2,1-4H3,(H2,14,15). The molecule has 0 amide bonds. The van der Waals surface area contributed by atoms with Gasteiger partial charge in [-0.3, -0.25) is 0 Å². The molecule has 0 aliphatic rings. The summed E-state index contributed by atoms with van der Waals surface area (Å²) in [6.07, 6.45) is 1.04. The fourth-order valence-electron chi connectivity index (χ4n) is 1.72. The lowest BCUT2D eigenvalue weighted by atomic mass is 10.1. The van der Waals surface area contributed by atoms with E-state index in [4.69, 9.17) is 10.9 Å². The van der Waals surface area contributed by atoms with E-state index in [1.54, 1.807) is 0 Å². The summed E-state index contributed by atoms with van der Waals surface area (Å²) < 4.78 is 0. The quantitative estimate of drug-likeness (QED) is 0.364. The van der Waals surface area contributed by atoms with E-state index >= 15 is 0 Å². The van der Waals surface area contributed by atoms with Gasteiger partial charge in [-0.05, 0) is 38.0 Å². The summed E-state index contributed by atoms with van der Waals surface area (Å²) in [6.45, 7) is 6.32. The van der Waals surface area contributed by atoms with Crippen LogP contribution < -0.4 is 10.6 Å². The van der Waals surface area contributed by atoms with Gasteiger partial charge in [0.05, 0.1) is 0 Å². The minimum absolute atomic E-state index is 0.148. The third-order valence-corrected chi connectivity index (χ3v) is 3.17. The van der Waals surface area contributed by atoms with Crippen LogP contribution in [0.5, 0.6) is 0 Å². The Morgan fingerprint density at radius 2 is 2.18 bits per heavy atom. The first kappa shape index (κ1) is 13.4. The molecule has 0 aliphatic heterocycles. The molecule has 0 saturated heterocycles. The van der Waals surface area contributed by atoms with Crippen molar-refractivity contribution in [3.8, 4) is 0 Å². The Morgan fingerprint density at radius 3 is 2.71 bits per heavy atom. The summed E-state index contributed by atoms with van der Waals surface area (Å²) in [5, 5.41) is 11.9. The Labute approximate surface area is 103 Å². The molecule has 1 rings (SSSR count). The zero-order valence-electron chi connectivity index (χ0n) is 10.9. The molecule has 3 N–H and O–H groups in total. The monoisotopic (exact) mass is 235 g/mol. The van der Waals surface area contributed by atoms with E-state index in [0.29, 0.717) is 6.04 Å². The minimum atomic E-state index is 0.148. The number of hydrogen-bond donors (Lipinski definition) is 2. The van der Waals surface area contributed by atoms with Crippen LogP contribution >= 0.6 is 0 Å². The van der Waals surface area contributed by atoms with Gasteiger partial charge in [-0.1, -0.05) is 18.1 Å². The van der Waals surface area contributed by atoms with Gasteiger partial charge in [0.15, 0.2) is 5.84 Å². The van der Waals surface area contributed by atoms with Crippen molar-refractivity contribution in [3.05, 3.63) is 29.3 Å². The molecular formula is C13H21N3O. The largest absolute Gasteiger partial charge is 0.409 e. The second-order valence-electron chi connectivity index (χ2n) is 4.37. The predicted molar refractivity (Wildman–Crippen MR) is 71.8 cm³/mol. The van der Waals surface area contributed by atoms with Gasteiger partial charge in [-0.15, -0.1) is 0 Å². The van der Waals surface area contributed by atoms with Gasteiger partial charge in [-0.25, -0.2) is 0 Å². The number of benzene rings is 1. The fraction of sp³-hybridized carbons (Fsp3) is 0.462. The number of nitrogens with zero attached hydrogens (tertiary/aromatic N) is 2. The molecule has 1 aromatic carbocycles. The van der Waals surface area contributed by atoms with Gasteiger partial charge >= 0.3 is 0 Å². The van der Waals surface area contributed by atoms with Gasteiger partial charge in [0.2, 0.25) is 0 Å². The maximum atomic E-state index is 8.80. The first-order valence-corrected chi connectivity index (χ1v) is 5.82. The Bertz CT molecular complexity index is 415. The Hall–Kier alpha value is -1.71. The molecule has 1 unspecified atom stereocenters. The average molecular weight is 235 g/mol. The van der Waals surface area contributed by atoms with Crippen LogP contribution in [0.25, 0.3) is 0 Å². The molecule has 4 heteroatoms. The van der Waals surface area contributed by atoms with Crippen LogP contribution in [-0.4, -0.2) is 24.1 Å². The van der Waals surface area contributed by atoms with Crippen molar-refractivity contribution in [3.63, 3.8) is 0 Å². The predicted octanol–water partition coefficient (Wildman–Crippen LogP) is 2.32. The first-order chi connectivity index (χ1) is 8.01. The highest BCUT2D eigenvalue weighted by molar-refractivity contribution is 6.02. The van der Waals surface area contributed by atoms with E-state index in [-0.39, 0.29) is 5.84 Å². The summed E-state index contributed by atoms with van der Waals surface area (Å²) in [6, 6.07) is 6.31. The number of anilines is 1. The second kappa shape index (κ2) is 5.57. The second-order valence-corrected chi connectivity index (χ2v) is 4.37. The van der Waals surface area contributed by atoms with Crippen molar-refractivity contribution in [1.82, 2.24) is 0 Å². The number of rotatable bonds is 4. The number of nitrogens with two attached hydrogens (primary N) is 1. The summed E-state index contributed by atoms with van der Waals surface area (Å²) in [5.41, 5.74) is 8.61. The van der Waals surface area contributed by atoms with Gasteiger partial charge in [0, 0.05) is 24.3 Å². The van der Waals surface area contributed by atoms with Crippen molar-refractivity contribution in [1.29, 1.82) is 0 Å². The molecule has 1 aromatic rings. The van der Waals surface area contributed by atoms with Crippen LogP contribution in [0.15, 0.2) is 23.4 Å². The highest BCUT2D eigenvalue weighted by atomic mass is 16.4. The Kier molecular flexibility index (Phi) is 4.37. The van der Waals surface area contributed by atoms with Crippen molar-refractivity contribution in [2.24, 2.45) is 10.9 Å². The van der Waals surface area contributed by atoms with Crippen LogP contribution in [0.4, 0.5) is 5.69 Å². The number of amidine groups is 1. The smallest absolute Gasteiger partial charge is 0.172 e. The maximum Gasteiger partial charge on any atom is 0.172 e. The summed E-state index contributed by atoms with van der Waals surface area (Å²) in [5.74, 6) is 0.148. The summed E-state index contributed by atoms with van der Waals surface area (Å²) in [4.78, 5) is 2.15. The van der Waals surface area contributed by atoms with Crippen molar-refractivity contribution in [2.45, 2.75) is 33.2 Å². The van der Waals surface area contributed by atoms with Gasteiger partial charge in [0.1, 0.15) is 0 Å². The molecular weight excluding hydrogens is 214 g/mol. The molecule has 0 aliphatic carbocycles. The maximum absolute atomic E-state index is 8.80. The molecule has 4 nitrogen and oxygen atoms in total. The Morgan fingerprint density at radius 1 is 1.53 bits per heavy atom. The van der Waals surface area contributed by atoms with Crippen molar-refractivity contribution in [2.75, 3.05) is 11.9 Å². The molecule has 94 valence electrons. The van der Waals surface area contributed by atoms with Gasteiger partial charge < -0.3 is 15.8 Å². The normalized spacial score (nSPS) is 13.5. The third-order valence-electron chi connectivity index (χ3n) is 3.17. The first-order valence-electron chi connectivity index (χ1n) is 5.82. The van der Waals surface area contributed by atoms with E-state index < -0.39 is 0 Å². The molecule has 0 bridgehead atoms. The number of oxime groups is 1. The number of hydrogen-bond acceptors (Lipinski definition) is 3. The Balaban J connectivity index is 3.24. The van der Waals surface area contributed by atoms with Crippen LogP contribution in [0.1, 0.15) is 31.4 Å². The third kappa shape index (κ3) is 2.90. The summed E-state index contributed by atoms with van der Waals surface area (Å²) >= 11 is 0. The lowest BCUT2D eigenvalue weighted by Crippen LogP contribution is -2.30. The summed E-state index contributed by atoms with van der Waals surface area (Å²) in [7, 11) is 2.02. The highest BCUT2D eigenvalue weighted by Crippen LogP contribution is 2.23. The number of aryl methyl sites for hydroxylation is 1. The van der Waals surface area contributed by atoms with Gasteiger partial charge in [0.25, 0.3) is 0 Å². The topological polar surface area (TPSA) is 61.8 Å². The van der Waals surface area contributed by atoms with Gasteiger partial charge in [-0.2, -0.15) is 0 Å². The fourth-order valence-corrected chi connectivity index (χ4v) is 1.72. The highest BCUT2D eigenvalue weighted by Gasteiger charge is 2.14. The van der Waals surface area contributed by atoms with E-state index in [2.05, 4.69) is 30.0 Å². The van der Waals surface area contributed by atoms with Crippen molar-refractivity contribution >= 4 is 11.5 Å². The van der Waals surface area contributed by atoms with E-state index in [0.717, 1.165) is 23.2 Å². The zero-order valence-corrected chi connectivity index (χ0v) is 10.9. The SMILES string of the molecule is CCC(C)N(C)c1cc(C)ccc1C(N)=NO.